The maximum Gasteiger partial charge on any atom is 0.472 e. The normalized spacial score (nSPS) is 14.1. The number of unbranched alkanes of at least 4 members (excludes halogenated alkanes) is 53. The van der Waals surface area contributed by atoms with E-state index in [9.17, 15) is 43.2 Å². The van der Waals surface area contributed by atoms with Gasteiger partial charge in [0.25, 0.3) is 0 Å². The predicted octanol–water partition coefficient (Wildman–Crippen LogP) is 24.8. The Bertz CT molecular complexity index is 1930. The van der Waals surface area contributed by atoms with Gasteiger partial charge in [-0.2, -0.15) is 0 Å². The first kappa shape index (κ1) is 99.1. The Labute approximate surface area is 619 Å². The highest BCUT2D eigenvalue weighted by Crippen LogP contribution is 2.45. The van der Waals surface area contributed by atoms with E-state index in [4.69, 9.17) is 37.0 Å². The summed E-state index contributed by atoms with van der Waals surface area (Å²) in [7, 11) is -9.92. The molecule has 0 saturated heterocycles. The molecule has 0 aromatic heterocycles. The van der Waals surface area contributed by atoms with E-state index in [1.807, 2.05) is 0 Å². The molecule has 101 heavy (non-hydrogen) atoms. The van der Waals surface area contributed by atoms with Crippen LogP contribution in [0.3, 0.4) is 0 Å². The summed E-state index contributed by atoms with van der Waals surface area (Å²) in [5.74, 6) is -1.33. The van der Waals surface area contributed by atoms with Crippen LogP contribution in [0, 0.1) is 5.92 Å². The van der Waals surface area contributed by atoms with Crippen molar-refractivity contribution in [3.05, 3.63) is 0 Å². The Balaban J connectivity index is 5.23. The van der Waals surface area contributed by atoms with Crippen LogP contribution in [0.5, 0.6) is 0 Å². The van der Waals surface area contributed by atoms with Crippen molar-refractivity contribution in [2.45, 2.75) is 457 Å². The van der Waals surface area contributed by atoms with E-state index in [1.165, 1.54) is 263 Å². The van der Waals surface area contributed by atoms with Crippen molar-refractivity contribution in [3.8, 4) is 0 Å². The summed E-state index contributed by atoms with van der Waals surface area (Å²) < 4.78 is 68.8. The molecule has 0 aromatic carbocycles. The van der Waals surface area contributed by atoms with E-state index in [2.05, 4.69) is 34.6 Å². The van der Waals surface area contributed by atoms with Gasteiger partial charge in [0.15, 0.2) is 12.2 Å². The molecule has 6 atom stereocenters. The number of phosphoric acid groups is 2. The first-order valence-electron chi connectivity index (χ1n) is 42.7. The topological polar surface area (TPSA) is 237 Å². The molecule has 0 heterocycles. The quantitative estimate of drug-likeness (QED) is 0.0222. The highest BCUT2D eigenvalue weighted by molar-refractivity contribution is 7.47. The Hall–Kier alpha value is -1.94. The minimum absolute atomic E-state index is 0.108. The van der Waals surface area contributed by atoms with Crippen LogP contribution in [0.15, 0.2) is 0 Å². The van der Waals surface area contributed by atoms with E-state index in [1.54, 1.807) is 0 Å². The Morgan fingerprint density at radius 2 is 0.475 bits per heavy atom. The van der Waals surface area contributed by atoms with Crippen molar-refractivity contribution in [2.24, 2.45) is 5.92 Å². The molecule has 0 radical (unpaired) electrons. The van der Waals surface area contributed by atoms with Crippen molar-refractivity contribution in [1.29, 1.82) is 0 Å². The number of hydrogen-bond acceptors (Lipinski definition) is 15. The van der Waals surface area contributed by atoms with Gasteiger partial charge in [-0.15, -0.1) is 0 Å². The van der Waals surface area contributed by atoms with E-state index in [0.717, 1.165) is 95.8 Å². The zero-order valence-corrected chi connectivity index (χ0v) is 67.8. The summed E-state index contributed by atoms with van der Waals surface area (Å²) >= 11 is 0. The van der Waals surface area contributed by atoms with Gasteiger partial charge in [0.1, 0.15) is 19.3 Å². The number of rotatable bonds is 82. The molecule has 19 heteroatoms. The number of phosphoric ester groups is 2. The number of esters is 4. The molecule has 0 amide bonds. The van der Waals surface area contributed by atoms with E-state index >= 15 is 0 Å². The van der Waals surface area contributed by atoms with Crippen LogP contribution in [0.4, 0.5) is 0 Å². The fourth-order valence-electron chi connectivity index (χ4n) is 12.7. The van der Waals surface area contributed by atoms with Crippen LogP contribution in [0.25, 0.3) is 0 Å². The highest BCUT2D eigenvalue weighted by Gasteiger charge is 2.30. The third-order valence-electron chi connectivity index (χ3n) is 19.6. The highest BCUT2D eigenvalue weighted by atomic mass is 31.2. The number of hydrogen-bond donors (Lipinski definition) is 3. The average molecular weight is 1480 g/mol. The van der Waals surface area contributed by atoms with E-state index in [-0.39, 0.29) is 25.7 Å². The lowest BCUT2D eigenvalue weighted by Gasteiger charge is -2.21. The lowest BCUT2D eigenvalue weighted by molar-refractivity contribution is -0.161. The summed E-state index contributed by atoms with van der Waals surface area (Å²) in [5, 5.41) is 10.6. The standard InChI is InChI=1S/C82H160O17P2/c1-6-10-13-16-19-22-25-28-30-31-32-33-34-35-37-40-43-46-53-58-63-68-82(87)98-77(71-92-79(84)65-60-55-50-44-41-39-36-29-26-23-20-17-14-11-7-2)73-96-100(88,89)94-69-76(83)70-95-101(90,91)97-74-78(72-93-80(85)66-61-56-51-48-47-49-54-59-64-75(5)9-4)99-81(86)67-62-57-52-45-42-38-27-24-21-18-15-12-8-3/h75-78,83H,6-74H2,1-5H3,(H,88,89)(H,90,91)/t75?,76-,77-,78-/m1/s1. The van der Waals surface area contributed by atoms with Crippen molar-refractivity contribution < 1.29 is 80.2 Å². The zero-order valence-electron chi connectivity index (χ0n) is 66.1. The SMILES string of the molecule is CCCCCCCCCCCCCCCCCCCCCCCC(=O)O[C@H](COC(=O)CCCCCCCCCCCCCCCCC)COP(=O)(O)OC[C@@H](O)COP(=O)(O)OC[C@@H](COC(=O)CCCCCCCCCCC(C)CC)OC(=O)CCCCCCCCCCCCCCC. The Kier molecular flexibility index (Phi) is 73.5. The van der Waals surface area contributed by atoms with Gasteiger partial charge in [0, 0.05) is 25.7 Å². The molecule has 0 aliphatic rings. The summed E-state index contributed by atoms with van der Waals surface area (Å²) in [6.45, 7) is 7.34. The fourth-order valence-corrected chi connectivity index (χ4v) is 14.3. The van der Waals surface area contributed by atoms with Crippen LogP contribution in [0.1, 0.15) is 439 Å². The molecule has 0 saturated carbocycles. The second-order valence-corrected chi connectivity index (χ2v) is 32.7. The monoisotopic (exact) mass is 1480 g/mol. The van der Waals surface area contributed by atoms with Crippen molar-refractivity contribution >= 4 is 39.5 Å². The van der Waals surface area contributed by atoms with Gasteiger partial charge in [-0.3, -0.25) is 37.3 Å². The summed E-state index contributed by atoms with van der Waals surface area (Å²) in [6, 6.07) is 0. The molecule has 0 fully saturated rings. The maximum atomic E-state index is 13.1. The van der Waals surface area contributed by atoms with Gasteiger partial charge in [0.2, 0.25) is 0 Å². The minimum atomic E-state index is -4.96. The Morgan fingerprint density at radius 1 is 0.277 bits per heavy atom. The second kappa shape index (κ2) is 74.9. The van der Waals surface area contributed by atoms with Crippen molar-refractivity contribution in [3.63, 3.8) is 0 Å². The molecule has 3 unspecified atom stereocenters. The van der Waals surface area contributed by atoms with Crippen molar-refractivity contribution in [2.75, 3.05) is 39.6 Å². The smallest absolute Gasteiger partial charge is 0.462 e. The van der Waals surface area contributed by atoms with E-state index < -0.39 is 97.5 Å². The minimum Gasteiger partial charge on any atom is -0.462 e. The third-order valence-corrected chi connectivity index (χ3v) is 21.5. The molecule has 0 rings (SSSR count). The molecule has 0 aliphatic heterocycles. The molecular weight excluding hydrogens is 1320 g/mol. The summed E-state index contributed by atoms with van der Waals surface area (Å²) in [6.07, 6.45) is 66.5. The van der Waals surface area contributed by atoms with Gasteiger partial charge in [-0.25, -0.2) is 9.13 Å². The molecule has 0 spiro atoms. The zero-order chi connectivity index (χ0) is 74.1. The van der Waals surface area contributed by atoms with E-state index in [0.29, 0.717) is 25.7 Å². The molecule has 3 N–H and O–H groups in total. The van der Waals surface area contributed by atoms with Crippen LogP contribution >= 0.6 is 15.6 Å². The molecular formula is C82H160O17P2. The molecule has 600 valence electrons. The van der Waals surface area contributed by atoms with Gasteiger partial charge >= 0.3 is 39.5 Å². The van der Waals surface area contributed by atoms with Crippen LogP contribution in [-0.2, 0) is 65.4 Å². The van der Waals surface area contributed by atoms with Gasteiger partial charge in [-0.05, 0) is 31.6 Å². The Morgan fingerprint density at radius 3 is 0.703 bits per heavy atom. The molecule has 0 bridgehead atoms. The summed E-state index contributed by atoms with van der Waals surface area (Å²) in [5.41, 5.74) is 0. The number of carbonyl (C=O) groups excluding carboxylic acids is 4. The largest absolute Gasteiger partial charge is 0.472 e. The van der Waals surface area contributed by atoms with Gasteiger partial charge in [-0.1, -0.05) is 388 Å². The maximum absolute atomic E-state index is 13.1. The first-order chi connectivity index (χ1) is 49.1. The number of aliphatic hydroxyl groups excluding tert-OH is 1. The van der Waals surface area contributed by atoms with Crippen LogP contribution in [-0.4, -0.2) is 96.7 Å². The first-order valence-corrected chi connectivity index (χ1v) is 45.7. The van der Waals surface area contributed by atoms with Crippen LogP contribution < -0.4 is 0 Å². The van der Waals surface area contributed by atoms with Crippen molar-refractivity contribution in [1.82, 2.24) is 0 Å². The molecule has 0 aromatic rings. The summed E-state index contributed by atoms with van der Waals surface area (Å²) in [4.78, 5) is 73.1. The lowest BCUT2D eigenvalue weighted by Crippen LogP contribution is -2.30. The number of carbonyl (C=O) groups is 4. The average Bonchev–Trinajstić information content (AvgIpc) is 0.983. The number of ether oxygens (including phenoxy) is 4. The molecule has 17 nitrogen and oxygen atoms in total. The predicted molar refractivity (Wildman–Crippen MR) is 414 cm³/mol. The van der Waals surface area contributed by atoms with Gasteiger partial charge < -0.3 is 33.8 Å². The lowest BCUT2D eigenvalue weighted by atomic mass is 9.99. The number of aliphatic hydroxyl groups is 1. The second-order valence-electron chi connectivity index (χ2n) is 29.8. The molecule has 0 aliphatic carbocycles. The van der Waals surface area contributed by atoms with Crippen LogP contribution in [0.2, 0.25) is 0 Å². The third kappa shape index (κ3) is 74.7. The fraction of sp³-hybridized carbons (Fsp3) is 0.951. The van der Waals surface area contributed by atoms with Gasteiger partial charge in [0.05, 0.1) is 26.4 Å².